The molecule has 3 rings (SSSR count). The molecular formula is C17H24N6O4S. The van der Waals surface area contributed by atoms with Crippen LogP contribution in [0.4, 0.5) is 23.1 Å². The fourth-order valence-corrected chi connectivity index (χ4v) is 3.46. The second-order valence-electron chi connectivity index (χ2n) is 5.93. The molecule has 3 heterocycles. The van der Waals surface area contributed by atoms with Gasteiger partial charge in [0.25, 0.3) is 0 Å². The molecule has 2 aromatic heterocycles. The van der Waals surface area contributed by atoms with Crippen LogP contribution in [0.25, 0.3) is 0 Å². The maximum Gasteiger partial charge on any atom is 0.229 e. The van der Waals surface area contributed by atoms with Crippen LogP contribution in [-0.2, 0) is 4.74 Å². The zero-order valence-corrected chi connectivity index (χ0v) is 16.8. The van der Waals surface area contributed by atoms with E-state index in [9.17, 15) is 9.70 Å². The predicted octanol–water partition coefficient (Wildman–Crippen LogP) is 2.72. The first-order chi connectivity index (χ1) is 13.6. The number of ether oxygens (including phenoxy) is 1. The molecule has 3 N–H and O–H groups in total. The molecule has 0 spiro atoms. The average molecular weight is 408 g/mol. The summed E-state index contributed by atoms with van der Waals surface area (Å²) in [6, 6.07) is 1.96. The van der Waals surface area contributed by atoms with Crippen LogP contribution >= 0.6 is 11.3 Å². The number of carbonyl (C=O) groups excluding carboxylic acids is 1. The molecule has 152 valence electrons. The highest BCUT2D eigenvalue weighted by atomic mass is 32.1. The topological polar surface area (TPSA) is 129 Å². The SMILES string of the molecule is CO.Cc1sc(C=O)cc1Nc1ncc(N(C)N=O)c(NC2CCOCC2)n1. The Morgan fingerprint density at radius 1 is 1.39 bits per heavy atom. The molecule has 10 nitrogen and oxygen atoms in total. The molecule has 1 aliphatic rings. The van der Waals surface area contributed by atoms with Gasteiger partial charge in [0.2, 0.25) is 5.95 Å². The quantitative estimate of drug-likeness (QED) is 0.360. The Balaban J connectivity index is 0.00000136. The maximum atomic E-state index is 10.9. The lowest BCUT2D eigenvalue weighted by Crippen LogP contribution is -2.29. The van der Waals surface area contributed by atoms with Crippen molar-refractivity contribution >= 4 is 40.8 Å². The zero-order valence-electron chi connectivity index (χ0n) is 16.0. The van der Waals surface area contributed by atoms with Crippen molar-refractivity contribution in [2.45, 2.75) is 25.8 Å². The minimum absolute atomic E-state index is 0.204. The van der Waals surface area contributed by atoms with Gasteiger partial charge >= 0.3 is 0 Å². The van der Waals surface area contributed by atoms with Crippen LogP contribution in [0.2, 0.25) is 0 Å². The van der Waals surface area contributed by atoms with Crippen molar-refractivity contribution in [1.29, 1.82) is 0 Å². The summed E-state index contributed by atoms with van der Waals surface area (Å²) < 4.78 is 5.37. The molecule has 0 atom stereocenters. The van der Waals surface area contributed by atoms with Crippen LogP contribution < -0.4 is 15.6 Å². The fourth-order valence-electron chi connectivity index (χ4n) is 2.67. The van der Waals surface area contributed by atoms with Crippen molar-refractivity contribution < 1.29 is 14.6 Å². The molecule has 0 aliphatic carbocycles. The molecule has 1 fully saturated rings. The van der Waals surface area contributed by atoms with E-state index >= 15 is 0 Å². The van der Waals surface area contributed by atoms with E-state index in [2.05, 4.69) is 25.9 Å². The summed E-state index contributed by atoms with van der Waals surface area (Å²) in [6.45, 7) is 3.29. The summed E-state index contributed by atoms with van der Waals surface area (Å²) in [4.78, 5) is 32.2. The van der Waals surface area contributed by atoms with Gasteiger partial charge in [-0.2, -0.15) is 4.98 Å². The van der Waals surface area contributed by atoms with E-state index in [-0.39, 0.29) is 6.04 Å². The Morgan fingerprint density at radius 2 is 2.11 bits per heavy atom. The van der Waals surface area contributed by atoms with Crippen molar-refractivity contribution in [2.75, 3.05) is 43.0 Å². The average Bonchev–Trinajstić information content (AvgIpc) is 3.09. The Morgan fingerprint density at radius 3 is 2.71 bits per heavy atom. The van der Waals surface area contributed by atoms with Crippen LogP contribution in [-0.4, -0.2) is 54.8 Å². The number of aliphatic hydroxyl groups excluding tert-OH is 1. The number of anilines is 4. The summed E-state index contributed by atoms with van der Waals surface area (Å²) in [7, 11) is 2.55. The number of nitroso groups, excluding NO2 is 1. The number of thiophene rings is 1. The molecule has 0 bridgehead atoms. The van der Waals surface area contributed by atoms with E-state index in [1.807, 2.05) is 6.92 Å². The molecule has 0 saturated carbocycles. The van der Waals surface area contributed by atoms with E-state index in [1.54, 1.807) is 19.3 Å². The van der Waals surface area contributed by atoms with E-state index in [0.717, 1.165) is 36.8 Å². The fraction of sp³-hybridized carbons (Fsp3) is 0.471. The largest absolute Gasteiger partial charge is 0.400 e. The highest BCUT2D eigenvalue weighted by molar-refractivity contribution is 7.14. The number of aryl methyl sites for hydroxylation is 1. The summed E-state index contributed by atoms with van der Waals surface area (Å²) >= 11 is 1.40. The third-order valence-corrected chi connectivity index (χ3v) is 5.08. The molecule has 1 aliphatic heterocycles. The first kappa shape index (κ1) is 21.7. The van der Waals surface area contributed by atoms with Crippen LogP contribution in [0.3, 0.4) is 0 Å². The predicted molar refractivity (Wildman–Crippen MR) is 110 cm³/mol. The van der Waals surface area contributed by atoms with Gasteiger partial charge in [-0.25, -0.2) is 9.99 Å². The Hall–Kier alpha value is -2.63. The number of nitrogens with one attached hydrogen (secondary N) is 2. The van der Waals surface area contributed by atoms with Crippen molar-refractivity contribution in [1.82, 2.24) is 9.97 Å². The highest BCUT2D eigenvalue weighted by Gasteiger charge is 2.19. The summed E-state index contributed by atoms with van der Waals surface area (Å²) in [6.07, 6.45) is 4.07. The number of hydrogen-bond donors (Lipinski definition) is 3. The number of nitrogens with zero attached hydrogens (tertiary/aromatic N) is 4. The van der Waals surface area contributed by atoms with Crippen LogP contribution in [0, 0.1) is 11.8 Å². The zero-order chi connectivity index (χ0) is 20.5. The number of aromatic nitrogens is 2. The standard InChI is InChI=1S/C16H20N6O3S.CH4O/c1-10-13(7-12(9-23)26-10)19-16-17-8-14(22(2)21-24)15(20-16)18-11-3-5-25-6-4-11;1-2/h7-9,11H,3-6H2,1-2H3,(H2,17,18,19,20);2H,1H3. The lowest BCUT2D eigenvalue weighted by molar-refractivity contribution is 0.0904. The number of carbonyl (C=O) groups is 1. The summed E-state index contributed by atoms with van der Waals surface area (Å²) in [5.41, 5.74) is 1.27. The molecule has 2 aromatic rings. The highest BCUT2D eigenvalue weighted by Crippen LogP contribution is 2.30. The Labute approximate surface area is 166 Å². The van der Waals surface area contributed by atoms with Gasteiger partial charge in [0.05, 0.1) is 22.0 Å². The second kappa shape index (κ2) is 10.6. The van der Waals surface area contributed by atoms with Gasteiger partial charge in [-0.3, -0.25) is 4.79 Å². The number of aldehydes is 1. The van der Waals surface area contributed by atoms with Gasteiger partial charge in [-0.15, -0.1) is 16.2 Å². The molecule has 0 aromatic carbocycles. The van der Waals surface area contributed by atoms with Crippen LogP contribution in [0.15, 0.2) is 17.5 Å². The minimum atomic E-state index is 0.204. The normalized spacial score (nSPS) is 13.9. The van der Waals surface area contributed by atoms with Crippen molar-refractivity contribution in [3.05, 3.63) is 26.9 Å². The summed E-state index contributed by atoms with van der Waals surface area (Å²) in [5.74, 6) is 0.904. The van der Waals surface area contributed by atoms with Gasteiger partial charge in [-0.05, 0) is 25.8 Å². The van der Waals surface area contributed by atoms with E-state index in [0.29, 0.717) is 35.5 Å². The molecule has 0 amide bonds. The third-order valence-electron chi connectivity index (χ3n) is 4.10. The monoisotopic (exact) mass is 408 g/mol. The lowest BCUT2D eigenvalue weighted by atomic mass is 10.1. The molecule has 0 radical (unpaired) electrons. The van der Waals surface area contributed by atoms with E-state index < -0.39 is 0 Å². The van der Waals surface area contributed by atoms with Gasteiger partial charge in [0.1, 0.15) is 5.69 Å². The molecule has 28 heavy (non-hydrogen) atoms. The van der Waals surface area contributed by atoms with Gasteiger partial charge in [0.15, 0.2) is 12.1 Å². The third kappa shape index (κ3) is 5.44. The molecule has 11 heteroatoms. The van der Waals surface area contributed by atoms with Crippen LogP contribution in [0.1, 0.15) is 27.4 Å². The van der Waals surface area contributed by atoms with Crippen LogP contribution in [0.5, 0.6) is 0 Å². The molecule has 0 unspecified atom stereocenters. The lowest BCUT2D eigenvalue weighted by Gasteiger charge is -2.25. The molecular weight excluding hydrogens is 384 g/mol. The van der Waals surface area contributed by atoms with Gasteiger partial charge < -0.3 is 20.5 Å². The van der Waals surface area contributed by atoms with Gasteiger partial charge in [-0.1, -0.05) is 0 Å². The number of aliphatic hydroxyl groups is 1. The summed E-state index contributed by atoms with van der Waals surface area (Å²) in [5, 5.41) is 17.6. The van der Waals surface area contributed by atoms with E-state index in [1.165, 1.54) is 16.3 Å². The number of hydrogen-bond acceptors (Lipinski definition) is 10. The minimum Gasteiger partial charge on any atom is -0.400 e. The number of rotatable bonds is 7. The smallest absolute Gasteiger partial charge is 0.229 e. The van der Waals surface area contributed by atoms with Crippen molar-refractivity contribution in [3.63, 3.8) is 0 Å². The first-order valence-electron chi connectivity index (χ1n) is 8.66. The Bertz CT molecular complexity index is 794. The Kier molecular flexibility index (Phi) is 8.23. The first-order valence-corrected chi connectivity index (χ1v) is 9.48. The second-order valence-corrected chi connectivity index (χ2v) is 7.21. The maximum absolute atomic E-state index is 10.9. The van der Waals surface area contributed by atoms with Crippen molar-refractivity contribution in [2.24, 2.45) is 5.29 Å². The van der Waals surface area contributed by atoms with E-state index in [4.69, 9.17) is 9.84 Å². The molecule has 1 saturated heterocycles. The van der Waals surface area contributed by atoms with Crippen molar-refractivity contribution in [3.8, 4) is 0 Å². The van der Waals surface area contributed by atoms with Gasteiger partial charge in [0, 0.05) is 38.3 Å².